The van der Waals surface area contributed by atoms with E-state index < -0.39 is 17.8 Å². The van der Waals surface area contributed by atoms with Crippen LogP contribution < -0.4 is 15.6 Å². The van der Waals surface area contributed by atoms with Gasteiger partial charge < -0.3 is 43.0 Å². The van der Waals surface area contributed by atoms with Crippen molar-refractivity contribution in [2.24, 2.45) is 4.99 Å². The Labute approximate surface area is 309 Å². The highest BCUT2D eigenvalue weighted by Crippen LogP contribution is 2.25. The normalized spacial score (nSPS) is 12.9. The number of hydrogen-bond acceptors (Lipinski definition) is 14. The Morgan fingerprint density at radius 2 is 1.38 bits per heavy atom. The summed E-state index contributed by atoms with van der Waals surface area (Å²) in [5.41, 5.74) is 2.08. The second-order valence-electron chi connectivity index (χ2n) is 10.7. The molecule has 1 aliphatic heterocycles. The molecule has 15 nitrogen and oxygen atoms in total. The number of nitrogens with one attached hydrogen (secondary N) is 1. The van der Waals surface area contributed by atoms with Crippen molar-refractivity contribution >= 4 is 69.2 Å². The van der Waals surface area contributed by atoms with Crippen molar-refractivity contribution in [1.82, 2.24) is 10.4 Å². The highest BCUT2D eigenvalue weighted by Gasteiger charge is 2.27. The molecule has 0 unspecified atom stereocenters. The van der Waals surface area contributed by atoms with Gasteiger partial charge in [0, 0.05) is 28.6 Å². The number of fused-ring (bicyclic) bond motifs is 1. The van der Waals surface area contributed by atoms with E-state index in [1.54, 1.807) is 42.5 Å². The Balaban J connectivity index is 0.992. The first kappa shape index (κ1) is 40.2. The van der Waals surface area contributed by atoms with Gasteiger partial charge in [0.1, 0.15) is 16.3 Å². The number of carbonyl (C=O) groups is 4. The number of carbonyl (C=O) groups excluding carboxylic acids is 4. The molecule has 0 atom stereocenters. The Bertz CT molecular complexity index is 1800. The molecule has 278 valence electrons. The molecule has 17 heteroatoms. The van der Waals surface area contributed by atoms with Crippen LogP contribution in [0.3, 0.4) is 0 Å². The fraction of sp³-hybridized carbons (Fsp3) is 0.371. The number of benzene rings is 2. The number of halogens is 1. The number of amides is 3. The molecule has 1 aliphatic rings. The van der Waals surface area contributed by atoms with Crippen molar-refractivity contribution in [1.29, 1.82) is 0 Å². The van der Waals surface area contributed by atoms with Crippen molar-refractivity contribution in [2.75, 3.05) is 73.2 Å². The quantitative estimate of drug-likeness (QED) is 0.0899. The van der Waals surface area contributed by atoms with Gasteiger partial charge in [0.2, 0.25) is 11.5 Å². The predicted octanol–water partition coefficient (Wildman–Crippen LogP) is 3.37. The number of rotatable bonds is 22. The summed E-state index contributed by atoms with van der Waals surface area (Å²) in [5, 5.41) is 4.57. The second-order valence-corrected chi connectivity index (χ2v) is 11.5. The van der Waals surface area contributed by atoms with E-state index in [0.717, 1.165) is 17.5 Å². The fourth-order valence-electron chi connectivity index (χ4n) is 4.36. The topological polar surface area (TPSA) is 174 Å². The molecule has 4 rings (SSSR count). The average Bonchev–Trinajstić information content (AvgIpc) is 3.44. The lowest BCUT2D eigenvalue weighted by Crippen LogP contribution is -2.33. The van der Waals surface area contributed by atoms with E-state index in [-0.39, 0.29) is 43.6 Å². The molecule has 0 spiro atoms. The van der Waals surface area contributed by atoms with Crippen LogP contribution in [0.4, 0.5) is 5.69 Å². The minimum Gasteiger partial charge on any atom is -0.496 e. The Morgan fingerprint density at radius 1 is 0.788 bits per heavy atom. The number of methoxy groups -OCH3 is 1. The van der Waals surface area contributed by atoms with Gasteiger partial charge >= 0.3 is 5.97 Å². The minimum absolute atomic E-state index is 0.0513. The van der Waals surface area contributed by atoms with Gasteiger partial charge in [-0.1, -0.05) is 28.9 Å². The molecule has 1 aromatic heterocycles. The average molecular weight is 760 g/mol. The maximum absolute atomic E-state index is 12.5. The molecule has 2 heterocycles. The zero-order valence-corrected chi connectivity index (χ0v) is 29.9. The van der Waals surface area contributed by atoms with Crippen LogP contribution >= 0.6 is 23.8 Å². The van der Waals surface area contributed by atoms with E-state index in [9.17, 15) is 19.2 Å². The van der Waals surface area contributed by atoms with Crippen LogP contribution in [-0.4, -0.2) is 107 Å². The SMILES string of the molecule is COc1ccc(N=c2ccc3cc(Cl)ccc3o2)cc1C(=S)NC(=O)CCOCCOCCOCCOCCOCCC(=O)ON1C(=O)C=CC1=O. The number of nitrogens with zero attached hydrogens (tertiary/aromatic N) is 2. The predicted molar refractivity (Wildman–Crippen MR) is 190 cm³/mol. The summed E-state index contributed by atoms with van der Waals surface area (Å²) in [4.78, 5) is 56.3. The van der Waals surface area contributed by atoms with E-state index in [4.69, 9.17) is 56.7 Å². The molecule has 0 saturated carbocycles. The summed E-state index contributed by atoms with van der Waals surface area (Å²) in [6.07, 6.45) is 2.00. The van der Waals surface area contributed by atoms with Gasteiger partial charge in [0.25, 0.3) is 11.8 Å². The lowest BCUT2D eigenvalue weighted by atomic mass is 10.1. The number of ether oxygens (including phenoxy) is 6. The smallest absolute Gasteiger partial charge is 0.335 e. The van der Waals surface area contributed by atoms with Crippen LogP contribution in [0, 0.1) is 0 Å². The monoisotopic (exact) mass is 759 g/mol. The molecule has 3 aromatic rings. The Hall–Kier alpha value is -4.55. The molecule has 3 amide bonds. The van der Waals surface area contributed by atoms with Gasteiger partial charge in [-0.05, 0) is 42.5 Å². The molecule has 0 aliphatic carbocycles. The molecule has 1 N–H and O–H groups in total. The summed E-state index contributed by atoms with van der Waals surface area (Å²) >= 11 is 11.5. The van der Waals surface area contributed by atoms with Gasteiger partial charge in [-0.3, -0.25) is 14.4 Å². The first-order chi connectivity index (χ1) is 25.2. The van der Waals surface area contributed by atoms with E-state index in [0.29, 0.717) is 84.5 Å². The largest absolute Gasteiger partial charge is 0.496 e. The summed E-state index contributed by atoms with van der Waals surface area (Å²) in [6.45, 7) is 2.83. The highest BCUT2D eigenvalue weighted by molar-refractivity contribution is 7.80. The molecule has 0 bridgehead atoms. The molecule has 0 radical (unpaired) electrons. The van der Waals surface area contributed by atoms with Gasteiger partial charge in [-0.25, -0.2) is 9.79 Å². The van der Waals surface area contributed by atoms with Crippen LogP contribution in [-0.2, 0) is 47.7 Å². The van der Waals surface area contributed by atoms with E-state index >= 15 is 0 Å². The second kappa shape index (κ2) is 21.7. The van der Waals surface area contributed by atoms with Crippen molar-refractivity contribution < 1.29 is 56.9 Å². The Morgan fingerprint density at radius 3 is 2.00 bits per heavy atom. The van der Waals surface area contributed by atoms with E-state index in [1.165, 1.54) is 7.11 Å². The molecule has 52 heavy (non-hydrogen) atoms. The number of hydroxylamine groups is 2. The summed E-state index contributed by atoms with van der Waals surface area (Å²) in [5.74, 6) is -1.99. The van der Waals surface area contributed by atoms with Gasteiger partial charge in [0.05, 0.1) is 97.3 Å². The fourth-order valence-corrected chi connectivity index (χ4v) is 4.82. The summed E-state index contributed by atoms with van der Waals surface area (Å²) in [7, 11) is 1.51. The van der Waals surface area contributed by atoms with Crippen LogP contribution in [0.1, 0.15) is 18.4 Å². The number of imide groups is 1. The van der Waals surface area contributed by atoms with Crippen molar-refractivity contribution in [2.45, 2.75) is 12.8 Å². The van der Waals surface area contributed by atoms with Crippen LogP contribution in [0.2, 0.25) is 5.02 Å². The van der Waals surface area contributed by atoms with Crippen molar-refractivity contribution in [3.05, 3.63) is 76.8 Å². The first-order valence-corrected chi connectivity index (χ1v) is 16.9. The molecular weight excluding hydrogens is 722 g/mol. The third-order valence-electron chi connectivity index (χ3n) is 6.89. The third-order valence-corrected chi connectivity index (χ3v) is 7.44. The Kier molecular flexibility index (Phi) is 16.8. The lowest BCUT2D eigenvalue weighted by Gasteiger charge is -2.12. The lowest BCUT2D eigenvalue weighted by molar-refractivity contribution is -0.196. The molecule has 0 fully saturated rings. The maximum Gasteiger partial charge on any atom is 0.335 e. The number of thiocarbonyl (C=S) groups is 1. The zero-order valence-electron chi connectivity index (χ0n) is 28.3. The van der Waals surface area contributed by atoms with Gasteiger partial charge in [-0.2, -0.15) is 0 Å². The summed E-state index contributed by atoms with van der Waals surface area (Å²) in [6, 6.07) is 14.1. The van der Waals surface area contributed by atoms with Gasteiger partial charge in [0.15, 0.2) is 0 Å². The molecule has 0 saturated heterocycles. The maximum atomic E-state index is 12.5. The zero-order chi connectivity index (χ0) is 37.1. The summed E-state index contributed by atoms with van der Waals surface area (Å²) < 4.78 is 38.3. The molecule has 2 aromatic carbocycles. The highest BCUT2D eigenvalue weighted by atomic mass is 35.5. The molecular formula is C35H38ClN3O12S. The van der Waals surface area contributed by atoms with Crippen LogP contribution in [0.15, 0.2) is 70.1 Å². The number of hydrogen-bond donors (Lipinski definition) is 1. The van der Waals surface area contributed by atoms with E-state index in [1.807, 2.05) is 6.07 Å². The first-order valence-electron chi connectivity index (χ1n) is 16.2. The third kappa shape index (κ3) is 13.5. The van der Waals surface area contributed by atoms with E-state index in [2.05, 4.69) is 15.1 Å². The standard InChI is InChI=1S/C35H38ClN3O12S/c1-44-29-6-4-26(37-31-7-2-24-22-25(36)3-5-28(24)50-31)23-27(29)35(52)38-30(40)10-12-45-14-16-47-18-20-49-21-19-48-17-15-46-13-11-34(43)51-39-32(41)8-9-33(39)42/h2-9,22-23H,10-21H2,1H3,(H,38,40,52). The minimum atomic E-state index is -0.756. The van der Waals surface area contributed by atoms with Gasteiger partial charge in [-0.15, -0.1) is 0 Å². The van der Waals surface area contributed by atoms with Crippen molar-refractivity contribution in [3.8, 4) is 5.75 Å². The van der Waals surface area contributed by atoms with Crippen LogP contribution in [0.25, 0.3) is 11.0 Å². The van der Waals surface area contributed by atoms with Crippen LogP contribution in [0.5, 0.6) is 5.75 Å². The van der Waals surface area contributed by atoms with Crippen molar-refractivity contribution in [3.63, 3.8) is 0 Å².